The Bertz CT molecular complexity index is 1240. The first-order chi connectivity index (χ1) is 16.0. The smallest absolute Gasteiger partial charge is 0.217 e. The number of nitrogens with zero attached hydrogens (tertiary/aromatic N) is 5. The molecule has 1 aromatic heterocycles. The Morgan fingerprint density at radius 3 is 2.52 bits per heavy atom. The summed E-state index contributed by atoms with van der Waals surface area (Å²) in [6.45, 7) is 0.850. The minimum absolute atomic E-state index is 0.111. The van der Waals surface area contributed by atoms with E-state index < -0.39 is 10.0 Å². The Hall–Kier alpha value is -2.41. The van der Waals surface area contributed by atoms with Crippen LogP contribution in [0.2, 0.25) is 5.02 Å². The van der Waals surface area contributed by atoms with Crippen LogP contribution in [0, 0.1) is 11.3 Å². The van der Waals surface area contributed by atoms with E-state index in [0.29, 0.717) is 16.3 Å². The van der Waals surface area contributed by atoms with Crippen molar-refractivity contribution in [2.45, 2.75) is 68.3 Å². The summed E-state index contributed by atoms with van der Waals surface area (Å²) in [6, 6.07) is 7.75. The molecule has 172 valence electrons. The Kier molecular flexibility index (Phi) is 5.02. The van der Waals surface area contributed by atoms with Crippen molar-refractivity contribution in [1.82, 2.24) is 14.3 Å². The molecule has 6 rings (SSSR count). The summed E-state index contributed by atoms with van der Waals surface area (Å²) in [7, 11) is -3.14. The lowest BCUT2D eigenvalue weighted by molar-refractivity contribution is 0.221. The van der Waals surface area contributed by atoms with E-state index in [9.17, 15) is 8.42 Å². The van der Waals surface area contributed by atoms with Crippen LogP contribution >= 0.6 is 11.6 Å². The molecule has 4 heterocycles. The summed E-state index contributed by atoms with van der Waals surface area (Å²) in [5.74, 6) is 1.66. The number of anilines is 3. The van der Waals surface area contributed by atoms with Gasteiger partial charge in [-0.25, -0.2) is 18.4 Å². The molecule has 0 spiro atoms. The third-order valence-electron chi connectivity index (χ3n) is 7.47. The van der Waals surface area contributed by atoms with E-state index in [2.05, 4.69) is 26.3 Å². The van der Waals surface area contributed by atoms with Crippen molar-refractivity contribution in [3.8, 4) is 6.07 Å². The van der Waals surface area contributed by atoms with Gasteiger partial charge >= 0.3 is 0 Å². The fourth-order valence-electron chi connectivity index (χ4n) is 5.81. The number of aromatic nitrogens is 2. The second-order valence-corrected chi connectivity index (χ2v) is 12.0. The van der Waals surface area contributed by atoms with Gasteiger partial charge in [0.2, 0.25) is 10.0 Å². The van der Waals surface area contributed by atoms with Gasteiger partial charge in [0.15, 0.2) is 0 Å². The highest BCUT2D eigenvalue weighted by molar-refractivity contribution is 7.90. The van der Waals surface area contributed by atoms with Crippen molar-refractivity contribution >= 4 is 38.9 Å². The molecule has 1 N–H and O–H groups in total. The molecular weight excluding hydrogens is 460 g/mol. The van der Waals surface area contributed by atoms with Gasteiger partial charge < -0.3 is 10.2 Å². The number of piperidine rings is 1. The molecule has 3 fully saturated rings. The van der Waals surface area contributed by atoms with Crippen LogP contribution in [0.5, 0.6) is 0 Å². The van der Waals surface area contributed by atoms with Gasteiger partial charge in [-0.05, 0) is 63.1 Å². The highest BCUT2D eigenvalue weighted by atomic mass is 35.5. The van der Waals surface area contributed by atoms with Crippen molar-refractivity contribution in [3.05, 3.63) is 40.7 Å². The zero-order valence-electron chi connectivity index (χ0n) is 18.1. The lowest BCUT2D eigenvalue weighted by atomic mass is 9.98. The van der Waals surface area contributed by atoms with Gasteiger partial charge in [-0.15, -0.1) is 0 Å². The van der Waals surface area contributed by atoms with Crippen molar-refractivity contribution < 1.29 is 8.42 Å². The number of hydrogen-bond acceptors (Lipinski definition) is 7. The SMILES string of the molecule is N#Cc1ccc(Nc2ncnc3c2CCN3C2C[C@@H]3CC[C@@H](C2)N3S(=O)(=O)C2CC2)c(Cl)c1. The van der Waals surface area contributed by atoms with E-state index >= 15 is 0 Å². The molecular formula is C23H25ClN6O2S. The number of sulfonamides is 1. The third-order valence-corrected chi connectivity index (χ3v) is 10.3. The van der Waals surface area contributed by atoms with Gasteiger partial charge in [0.25, 0.3) is 0 Å². The van der Waals surface area contributed by atoms with E-state index in [1.165, 1.54) is 0 Å². The molecule has 0 amide bonds. The third kappa shape index (κ3) is 3.56. The summed E-state index contributed by atoms with van der Waals surface area (Å²) < 4.78 is 27.8. The van der Waals surface area contributed by atoms with Crippen molar-refractivity contribution in [2.75, 3.05) is 16.8 Å². The molecule has 1 aliphatic carbocycles. The Labute approximate surface area is 198 Å². The number of rotatable bonds is 5. The first-order valence-electron chi connectivity index (χ1n) is 11.5. The summed E-state index contributed by atoms with van der Waals surface area (Å²) in [5.41, 5.74) is 2.26. The quantitative estimate of drug-likeness (QED) is 0.691. The Morgan fingerprint density at radius 2 is 1.85 bits per heavy atom. The predicted molar refractivity (Wildman–Crippen MR) is 126 cm³/mol. The number of benzene rings is 1. The number of hydrogen-bond donors (Lipinski definition) is 1. The molecule has 4 aliphatic rings. The van der Waals surface area contributed by atoms with Gasteiger partial charge in [-0.3, -0.25) is 0 Å². The largest absolute Gasteiger partial charge is 0.353 e. The molecule has 1 saturated carbocycles. The molecule has 0 radical (unpaired) electrons. The number of nitriles is 1. The first kappa shape index (κ1) is 21.1. The molecule has 2 saturated heterocycles. The minimum atomic E-state index is -3.14. The highest BCUT2D eigenvalue weighted by Gasteiger charge is 2.52. The van der Waals surface area contributed by atoms with Crippen LogP contribution < -0.4 is 10.2 Å². The second kappa shape index (κ2) is 7.83. The molecule has 33 heavy (non-hydrogen) atoms. The number of nitrogens with one attached hydrogen (secondary N) is 1. The summed E-state index contributed by atoms with van der Waals surface area (Å²) in [5, 5.41) is 12.7. The van der Waals surface area contributed by atoms with E-state index in [4.69, 9.17) is 16.9 Å². The number of halogens is 1. The topological polar surface area (TPSA) is 102 Å². The van der Waals surface area contributed by atoms with Crippen LogP contribution in [0.15, 0.2) is 24.5 Å². The van der Waals surface area contributed by atoms with Crippen molar-refractivity contribution in [2.24, 2.45) is 0 Å². The monoisotopic (exact) mass is 484 g/mol. The average molecular weight is 485 g/mol. The van der Waals surface area contributed by atoms with E-state index in [0.717, 1.165) is 68.7 Å². The van der Waals surface area contributed by atoms with Crippen LogP contribution in [0.3, 0.4) is 0 Å². The maximum Gasteiger partial charge on any atom is 0.217 e. The minimum Gasteiger partial charge on any atom is -0.353 e. The molecule has 2 bridgehead atoms. The maximum absolute atomic E-state index is 13.0. The molecule has 3 aliphatic heterocycles. The molecule has 10 heteroatoms. The van der Waals surface area contributed by atoms with Crippen molar-refractivity contribution in [1.29, 1.82) is 5.26 Å². The standard InChI is InChI=1S/C23H25ClN6O2S/c24-20-9-14(12-25)1-6-21(20)28-22-19-7-8-29(23(19)27-13-26-22)17-10-15-2-3-16(11-17)30(15)33(31,32)18-4-5-18/h1,6,9,13,15-18H,2-5,7-8,10-11H2,(H,26,27,28)/t15-,16-/m0/s1. The second-order valence-electron chi connectivity index (χ2n) is 9.48. The van der Waals surface area contributed by atoms with E-state index in [-0.39, 0.29) is 23.4 Å². The van der Waals surface area contributed by atoms with Crippen LogP contribution in [-0.4, -0.2) is 52.6 Å². The summed E-state index contributed by atoms with van der Waals surface area (Å²) in [6.07, 6.45) is 7.66. The molecule has 0 unspecified atom stereocenters. The van der Waals surface area contributed by atoms with E-state index in [1.807, 2.05) is 4.31 Å². The normalized spacial score (nSPS) is 26.8. The highest BCUT2D eigenvalue weighted by Crippen LogP contribution is 2.45. The Morgan fingerprint density at radius 1 is 1.09 bits per heavy atom. The van der Waals surface area contributed by atoms with Gasteiger partial charge in [0.1, 0.15) is 18.0 Å². The van der Waals surface area contributed by atoms with E-state index in [1.54, 1.807) is 24.5 Å². The Balaban J connectivity index is 1.23. The molecule has 2 atom stereocenters. The first-order valence-corrected chi connectivity index (χ1v) is 13.4. The zero-order valence-corrected chi connectivity index (χ0v) is 19.7. The van der Waals surface area contributed by atoms with Crippen LogP contribution in [0.1, 0.15) is 49.7 Å². The fourth-order valence-corrected chi connectivity index (χ4v) is 8.33. The fraction of sp³-hybridized carbons (Fsp3) is 0.522. The zero-order chi connectivity index (χ0) is 22.7. The number of fused-ring (bicyclic) bond motifs is 3. The molecule has 2 aromatic rings. The van der Waals surface area contributed by atoms with Gasteiger partial charge in [0, 0.05) is 30.2 Å². The van der Waals surface area contributed by atoms with Gasteiger partial charge in [-0.1, -0.05) is 11.6 Å². The lowest BCUT2D eigenvalue weighted by Crippen LogP contribution is -2.53. The van der Waals surface area contributed by atoms with Gasteiger partial charge in [-0.2, -0.15) is 9.57 Å². The lowest BCUT2D eigenvalue weighted by Gasteiger charge is -2.42. The molecule has 1 aromatic carbocycles. The summed E-state index contributed by atoms with van der Waals surface area (Å²) >= 11 is 6.35. The summed E-state index contributed by atoms with van der Waals surface area (Å²) in [4.78, 5) is 11.4. The van der Waals surface area contributed by atoms with Crippen LogP contribution in [-0.2, 0) is 16.4 Å². The maximum atomic E-state index is 13.0. The van der Waals surface area contributed by atoms with Crippen LogP contribution in [0.4, 0.5) is 17.3 Å². The van der Waals surface area contributed by atoms with Crippen LogP contribution in [0.25, 0.3) is 0 Å². The van der Waals surface area contributed by atoms with Crippen molar-refractivity contribution in [3.63, 3.8) is 0 Å². The van der Waals surface area contributed by atoms with Gasteiger partial charge in [0.05, 0.1) is 27.6 Å². The molecule has 8 nitrogen and oxygen atoms in total. The predicted octanol–water partition coefficient (Wildman–Crippen LogP) is 3.60. The average Bonchev–Trinajstić information content (AvgIpc) is 3.52.